The normalized spacial score (nSPS) is 10.5. The smallest absolute Gasteiger partial charge is 0.228 e. The molecule has 0 unspecified atom stereocenters. The summed E-state index contributed by atoms with van der Waals surface area (Å²) in [6, 6.07) is 15.2. The van der Waals surface area contributed by atoms with Crippen LogP contribution in [0.15, 0.2) is 54.7 Å². The number of ether oxygens (including phenoxy) is 1. The lowest BCUT2D eigenvalue weighted by Gasteiger charge is -2.04. The third-order valence-electron chi connectivity index (χ3n) is 3.38. The molecule has 0 aliphatic heterocycles. The van der Waals surface area contributed by atoms with E-state index in [9.17, 15) is 4.79 Å². The van der Waals surface area contributed by atoms with Crippen molar-refractivity contribution >= 4 is 22.5 Å². The van der Waals surface area contributed by atoms with Crippen LogP contribution in [0.2, 0.25) is 0 Å². The van der Waals surface area contributed by atoms with Gasteiger partial charge in [0.05, 0.1) is 13.5 Å². The Kier molecular flexibility index (Phi) is 3.60. The van der Waals surface area contributed by atoms with E-state index in [1.165, 1.54) is 0 Å². The minimum absolute atomic E-state index is 0.0297. The van der Waals surface area contributed by atoms with Gasteiger partial charge in [0.1, 0.15) is 5.75 Å². The zero-order valence-corrected chi connectivity index (χ0v) is 11.7. The van der Waals surface area contributed by atoms with Crippen LogP contribution >= 0.6 is 0 Å². The summed E-state index contributed by atoms with van der Waals surface area (Å²) < 4.78 is 5.19. The summed E-state index contributed by atoms with van der Waals surface area (Å²) in [4.78, 5) is 15.3. The summed E-state index contributed by atoms with van der Waals surface area (Å²) >= 11 is 0. The van der Waals surface area contributed by atoms with E-state index >= 15 is 0 Å². The van der Waals surface area contributed by atoms with Crippen LogP contribution in [-0.4, -0.2) is 18.0 Å². The summed E-state index contributed by atoms with van der Waals surface area (Å²) in [5.41, 5.74) is 2.75. The maximum Gasteiger partial charge on any atom is 0.228 e. The average molecular weight is 280 g/mol. The fourth-order valence-electron chi connectivity index (χ4n) is 2.34. The molecule has 3 aromatic rings. The van der Waals surface area contributed by atoms with Crippen molar-refractivity contribution in [3.05, 3.63) is 60.3 Å². The summed E-state index contributed by atoms with van der Waals surface area (Å²) in [6.07, 6.45) is 2.20. The SMILES string of the molecule is COc1ccc2c(CC(=O)Nc3ccccc3)c[nH]c2c1. The number of hydrogen-bond acceptors (Lipinski definition) is 2. The Balaban J connectivity index is 1.77. The number of aromatic nitrogens is 1. The predicted molar refractivity (Wildman–Crippen MR) is 83.6 cm³/mol. The van der Waals surface area contributed by atoms with Crippen molar-refractivity contribution in [3.8, 4) is 5.75 Å². The van der Waals surface area contributed by atoms with Crippen LogP contribution < -0.4 is 10.1 Å². The van der Waals surface area contributed by atoms with E-state index in [2.05, 4.69) is 10.3 Å². The highest BCUT2D eigenvalue weighted by molar-refractivity contribution is 5.95. The predicted octanol–water partition coefficient (Wildman–Crippen LogP) is 3.36. The molecule has 1 heterocycles. The Morgan fingerprint density at radius 2 is 2.00 bits per heavy atom. The first-order valence-corrected chi connectivity index (χ1v) is 6.75. The van der Waals surface area contributed by atoms with Crippen molar-refractivity contribution < 1.29 is 9.53 Å². The van der Waals surface area contributed by atoms with Crippen molar-refractivity contribution in [3.63, 3.8) is 0 Å². The average Bonchev–Trinajstić information content (AvgIpc) is 2.90. The maximum atomic E-state index is 12.1. The van der Waals surface area contributed by atoms with Crippen LogP contribution in [0.25, 0.3) is 10.9 Å². The molecule has 0 radical (unpaired) electrons. The van der Waals surface area contributed by atoms with Gasteiger partial charge in [-0.1, -0.05) is 18.2 Å². The molecule has 0 saturated heterocycles. The van der Waals surface area contributed by atoms with Gasteiger partial charge in [-0.2, -0.15) is 0 Å². The molecule has 0 saturated carbocycles. The number of rotatable bonds is 4. The number of nitrogens with one attached hydrogen (secondary N) is 2. The molecule has 4 nitrogen and oxygen atoms in total. The monoisotopic (exact) mass is 280 g/mol. The van der Waals surface area contributed by atoms with Gasteiger partial charge >= 0.3 is 0 Å². The third-order valence-corrected chi connectivity index (χ3v) is 3.38. The van der Waals surface area contributed by atoms with Gasteiger partial charge < -0.3 is 15.0 Å². The van der Waals surface area contributed by atoms with Gasteiger partial charge in [0, 0.05) is 28.9 Å². The molecule has 0 aliphatic carbocycles. The summed E-state index contributed by atoms with van der Waals surface area (Å²) in [5.74, 6) is 0.766. The molecular weight excluding hydrogens is 264 g/mol. The molecule has 0 spiro atoms. The zero-order chi connectivity index (χ0) is 14.7. The first kappa shape index (κ1) is 13.2. The number of aromatic amines is 1. The summed E-state index contributed by atoms with van der Waals surface area (Å²) in [5, 5.41) is 3.93. The van der Waals surface area contributed by atoms with E-state index in [1.807, 2.05) is 54.7 Å². The number of para-hydroxylation sites is 1. The first-order valence-electron chi connectivity index (χ1n) is 6.75. The number of amides is 1. The molecule has 4 heteroatoms. The zero-order valence-electron chi connectivity index (χ0n) is 11.7. The lowest BCUT2D eigenvalue weighted by Crippen LogP contribution is -2.13. The van der Waals surface area contributed by atoms with Gasteiger partial charge in [-0.15, -0.1) is 0 Å². The second kappa shape index (κ2) is 5.71. The number of carbonyl (C=O) groups is 1. The molecule has 0 bridgehead atoms. The third kappa shape index (κ3) is 2.89. The van der Waals surface area contributed by atoms with Crippen LogP contribution in [0.1, 0.15) is 5.56 Å². The van der Waals surface area contributed by atoms with Gasteiger partial charge in [0.15, 0.2) is 0 Å². The van der Waals surface area contributed by atoms with E-state index in [-0.39, 0.29) is 5.91 Å². The van der Waals surface area contributed by atoms with E-state index in [0.29, 0.717) is 6.42 Å². The Morgan fingerprint density at radius 1 is 1.19 bits per heavy atom. The van der Waals surface area contributed by atoms with Crippen LogP contribution in [-0.2, 0) is 11.2 Å². The Bertz CT molecular complexity index is 763. The van der Waals surface area contributed by atoms with Crippen LogP contribution in [0.5, 0.6) is 5.75 Å². The molecule has 0 atom stereocenters. The second-order valence-corrected chi connectivity index (χ2v) is 4.82. The fourth-order valence-corrected chi connectivity index (χ4v) is 2.34. The quantitative estimate of drug-likeness (QED) is 0.770. The van der Waals surface area contributed by atoms with Gasteiger partial charge in [0.2, 0.25) is 5.91 Å². The number of hydrogen-bond donors (Lipinski definition) is 2. The molecule has 2 N–H and O–H groups in total. The van der Waals surface area contributed by atoms with Crippen molar-refractivity contribution in [2.75, 3.05) is 12.4 Å². The van der Waals surface area contributed by atoms with Crippen molar-refractivity contribution in [2.45, 2.75) is 6.42 Å². The van der Waals surface area contributed by atoms with Gasteiger partial charge in [-0.3, -0.25) is 4.79 Å². The van der Waals surface area contributed by atoms with Crippen molar-refractivity contribution in [1.29, 1.82) is 0 Å². The van der Waals surface area contributed by atoms with Crippen molar-refractivity contribution in [2.24, 2.45) is 0 Å². The molecule has 3 rings (SSSR count). The van der Waals surface area contributed by atoms with Gasteiger partial charge in [0.25, 0.3) is 0 Å². The number of anilines is 1. The Hall–Kier alpha value is -2.75. The van der Waals surface area contributed by atoms with E-state index < -0.39 is 0 Å². The summed E-state index contributed by atoms with van der Waals surface area (Å²) in [6.45, 7) is 0. The van der Waals surface area contributed by atoms with Crippen LogP contribution in [0.4, 0.5) is 5.69 Å². The van der Waals surface area contributed by atoms with Crippen LogP contribution in [0.3, 0.4) is 0 Å². The van der Waals surface area contributed by atoms with E-state index in [4.69, 9.17) is 4.74 Å². The maximum absolute atomic E-state index is 12.1. The molecular formula is C17H16N2O2. The van der Waals surface area contributed by atoms with Gasteiger partial charge in [-0.25, -0.2) is 0 Å². The fraction of sp³-hybridized carbons (Fsp3) is 0.118. The number of carbonyl (C=O) groups excluding carboxylic acids is 1. The summed E-state index contributed by atoms with van der Waals surface area (Å²) in [7, 11) is 1.64. The largest absolute Gasteiger partial charge is 0.497 e. The highest BCUT2D eigenvalue weighted by atomic mass is 16.5. The van der Waals surface area contributed by atoms with Gasteiger partial charge in [-0.05, 0) is 29.8 Å². The number of benzene rings is 2. The number of H-pyrrole nitrogens is 1. The molecule has 0 aliphatic rings. The second-order valence-electron chi connectivity index (χ2n) is 4.82. The molecule has 0 fully saturated rings. The highest BCUT2D eigenvalue weighted by Crippen LogP contribution is 2.23. The standard InChI is InChI=1S/C17H16N2O2/c1-21-14-7-8-15-12(11-18-16(15)10-14)9-17(20)19-13-5-3-2-4-6-13/h2-8,10-11,18H,9H2,1H3,(H,19,20). The molecule has 2 aromatic carbocycles. The lowest BCUT2D eigenvalue weighted by molar-refractivity contribution is -0.115. The Morgan fingerprint density at radius 3 is 2.76 bits per heavy atom. The van der Waals surface area contributed by atoms with E-state index in [1.54, 1.807) is 7.11 Å². The minimum atomic E-state index is -0.0297. The highest BCUT2D eigenvalue weighted by Gasteiger charge is 2.09. The minimum Gasteiger partial charge on any atom is -0.497 e. The number of methoxy groups -OCH3 is 1. The first-order chi connectivity index (χ1) is 10.3. The molecule has 106 valence electrons. The van der Waals surface area contributed by atoms with Crippen LogP contribution in [0, 0.1) is 0 Å². The Labute approximate surface area is 122 Å². The topological polar surface area (TPSA) is 54.1 Å². The van der Waals surface area contributed by atoms with Crippen molar-refractivity contribution in [1.82, 2.24) is 4.98 Å². The van der Waals surface area contributed by atoms with E-state index in [0.717, 1.165) is 27.9 Å². The lowest BCUT2D eigenvalue weighted by atomic mass is 10.1. The molecule has 21 heavy (non-hydrogen) atoms. The number of fused-ring (bicyclic) bond motifs is 1. The molecule has 1 amide bonds. The molecule has 1 aromatic heterocycles.